The number of urea groups is 1. The van der Waals surface area contributed by atoms with Crippen molar-refractivity contribution in [1.29, 1.82) is 0 Å². The van der Waals surface area contributed by atoms with Crippen LogP contribution in [0.5, 0.6) is 0 Å². The molecule has 3 amide bonds. The monoisotopic (exact) mass is 392 g/mol. The molecule has 0 spiro atoms. The van der Waals surface area contributed by atoms with Crippen molar-refractivity contribution in [1.82, 2.24) is 20.9 Å². The van der Waals surface area contributed by atoms with Crippen molar-refractivity contribution in [2.24, 2.45) is 11.8 Å². The first kappa shape index (κ1) is 20.0. The average Bonchev–Trinajstić information content (AvgIpc) is 3.50. The Labute approximate surface area is 166 Å². The van der Waals surface area contributed by atoms with Crippen molar-refractivity contribution in [3.8, 4) is 0 Å². The van der Waals surface area contributed by atoms with Crippen LogP contribution in [0.2, 0.25) is 5.02 Å². The average molecular weight is 393 g/mol. The van der Waals surface area contributed by atoms with E-state index < -0.39 is 0 Å². The van der Waals surface area contributed by atoms with Gasteiger partial charge < -0.3 is 16.0 Å². The fraction of sp³-hybridized carbons (Fsp3) is 0.600. The molecule has 1 aliphatic carbocycles. The molecule has 0 aromatic heterocycles. The standard InChI is InChI=1S/C20H29ClN4O2/c21-18-4-2-1-3-17(18)14-25-9-7-16(8-10-25)12-23-20(27)24-13-19(26)22-11-15-5-6-15/h1-4,15-16H,5-14H2,(H,22,26)(H2,23,24,27). The van der Waals surface area contributed by atoms with Gasteiger partial charge in [-0.15, -0.1) is 0 Å². The van der Waals surface area contributed by atoms with E-state index >= 15 is 0 Å². The van der Waals surface area contributed by atoms with Crippen LogP contribution in [0, 0.1) is 11.8 Å². The molecule has 1 aromatic carbocycles. The van der Waals surface area contributed by atoms with E-state index in [-0.39, 0.29) is 18.5 Å². The fourth-order valence-electron chi connectivity index (χ4n) is 3.32. The van der Waals surface area contributed by atoms with E-state index in [0.29, 0.717) is 18.4 Å². The van der Waals surface area contributed by atoms with Crippen LogP contribution in [0.4, 0.5) is 4.79 Å². The van der Waals surface area contributed by atoms with E-state index in [2.05, 4.69) is 26.9 Å². The van der Waals surface area contributed by atoms with Crippen molar-refractivity contribution in [2.45, 2.75) is 32.2 Å². The van der Waals surface area contributed by atoms with Gasteiger partial charge in [0.15, 0.2) is 0 Å². The number of carbonyl (C=O) groups is 2. The summed E-state index contributed by atoms with van der Waals surface area (Å²) in [5.74, 6) is 0.999. The Morgan fingerprint density at radius 1 is 0.963 bits per heavy atom. The first-order valence-electron chi connectivity index (χ1n) is 9.84. The van der Waals surface area contributed by atoms with Gasteiger partial charge in [0, 0.05) is 24.7 Å². The molecule has 7 heteroatoms. The quantitative estimate of drug-likeness (QED) is 0.636. The second kappa shape index (κ2) is 9.95. The van der Waals surface area contributed by atoms with Gasteiger partial charge in [0.25, 0.3) is 0 Å². The summed E-state index contributed by atoms with van der Waals surface area (Å²) in [5.41, 5.74) is 1.16. The van der Waals surface area contributed by atoms with E-state index in [0.717, 1.165) is 49.6 Å². The van der Waals surface area contributed by atoms with E-state index in [4.69, 9.17) is 11.6 Å². The van der Waals surface area contributed by atoms with E-state index in [1.165, 1.54) is 12.8 Å². The zero-order chi connectivity index (χ0) is 19.1. The smallest absolute Gasteiger partial charge is 0.315 e. The fourth-order valence-corrected chi connectivity index (χ4v) is 3.51. The highest BCUT2D eigenvalue weighted by Crippen LogP contribution is 2.27. The minimum Gasteiger partial charge on any atom is -0.354 e. The summed E-state index contributed by atoms with van der Waals surface area (Å²) >= 11 is 6.24. The maximum absolute atomic E-state index is 11.9. The molecule has 3 rings (SSSR count). The molecule has 2 fully saturated rings. The van der Waals surface area contributed by atoms with Gasteiger partial charge in [-0.3, -0.25) is 9.69 Å². The molecule has 0 atom stereocenters. The van der Waals surface area contributed by atoms with Gasteiger partial charge in [-0.1, -0.05) is 29.8 Å². The molecule has 1 aromatic rings. The lowest BCUT2D eigenvalue weighted by Crippen LogP contribution is -2.45. The van der Waals surface area contributed by atoms with Gasteiger partial charge in [0.2, 0.25) is 5.91 Å². The van der Waals surface area contributed by atoms with Crippen LogP contribution < -0.4 is 16.0 Å². The Balaban J connectivity index is 1.27. The van der Waals surface area contributed by atoms with Crippen LogP contribution in [-0.4, -0.2) is 49.6 Å². The van der Waals surface area contributed by atoms with E-state index in [1.807, 2.05) is 18.2 Å². The summed E-state index contributed by atoms with van der Waals surface area (Å²) < 4.78 is 0. The van der Waals surface area contributed by atoms with Crippen LogP contribution >= 0.6 is 11.6 Å². The Kier molecular flexibility index (Phi) is 7.35. The zero-order valence-electron chi connectivity index (χ0n) is 15.7. The summed E-state index contributed by atoms with van der Waals surface area (Å²) in [5, 5.41) is 9.17. The van der Waals surface area contributed by atoms with Gasteiger partial charge in [-0.25, -0.2) is 4.79 Å². The predicted molar refractivity (Wildman–Crippen MR) is 107 cm³/mol. The number of halogens is 1. The SMILES string of the molecule is O=C(CNC(=O)NCC1CCN(Cc2ccccc2Cl)CC1)NCC1CC1. The van der Waals surface area contributed by atoms with Crippen molar-refractivity contribution >= 4 is 23.5 Å². The number of carbonyl (C=O) groups excluding carboxylic acids is 2. The maximum Gasteiger partial charge on any atom is 0.315 e. The molecule has 1 saturated heterocycles. The summed E-state index contributed by atoms with van der Waals surface area (Å²) in [4.78, 5) is 25.9. The number of amides is 3. The van der Waals surface area contributed by atoms with E-state index in [9.17, 15) is 9.59 Å². The second-order valence-corrected chi connectivity index (χ2v) is 8.03. The van der Waals surface area contributed by atoms with Crippen LogP contribution in [0.25, 0.3) is 0 Å². The normalized spacial score (nSPS) is 18.1. The largest absolute Gasteiger partial charge is 0.354 e. The molecule has 148 valence electrons. The molecule has 0 radical (unpaired) electrons. The molecule has 0 bridgehead atoms. The molecule has 6 nitrogen and oxygen atoms in total. The number of nitrogens with zero attached hydrogens (tertiary/aromatic N) is 1. The third-order valence-corrected chi connectivity index (χ3v) is 5.67. The van der Waals surface area contributed by atoms with Crippen LogP contribution in [0.1, 0.15) is 31.2 Å². The molecular formula is C20H29ClN4O2. The number of likely N-dealkylation sites (tertiary alicyclic amines) is 1. The number of rotatable bonds is 8. The molecule has 27 heavy (non-hydrogen) atoms. The predicted octanol–water partition coefficient (Wildman–Crippen LogP) is 2.38. The van der Waals surface area contributed by atoms with Gasteiger partial charge in [-0.2, -0.15) is 0 Å². The van der Waals surface area contributed by atoms with Crippen molar-refractivity contribution in [3.63, 3.8) is 0 Å². The highest BCUT2D eigenvalue weighted by atomic mass is 35.5. The highest BCUT2D eigenvalue weighted by Gasteiger charge is 2.22. The lowest BCUT2D eigenvalue weighted by molar-refractivity contribution is -0.120. The van der Waals surface area contributed by atoms with E-state index in [1.54, 1.807) is 0 Å². The minimum atomic E-state index is -0.268. The molecule has 1 saturated carbocycles. The number of piperidine rings is 1. The Bertz CT molecular complexity index is 643. The second-order valence-electron chi connectivity index (χ2n) is 7.62. The topological polar surface area (TPSA) is 73.5 Å². The van der Waals surface area contributed by atoms with Crippen LogP contribution in [-0.2, 0) is 11.3 Å². The van der Waals surface area contributed by atoms with Gasteiger partial charge in [0.1, 0.15) is 0 Å². The summed E-state index contributed by atoms with van der Waals surface area (Å²) in [6.45, 7) is 4.29. The molecular weight excluding hydrogens is 364 g/mol. The number of nitrogens with one attached hydrogen (secondary N) is 3. The summed E-state index contributed by atoms with van der Waals surface area (Å²) in [7, 11) is 0. The number of hydrogen-bond donors (Lipinski definition) is 3. The molecule has 3 N–H and O–H groups in total. The highest BCUT2D eigenvalue weighted by molar-refractivity contribution is 6.31. The molecule has 1 aliphatic heterocycles. The minimum absolute atomic E-state index is 0.0365. The molecule has 2 aliphatic rings. The summed E-state index contributed by atoms with van der Waals surface area (Å²) in [6, 6.07) is 7.70. The maximum atomic E-state index is 11.9. The Morgan fingerprint density at radius 3 is 2.33 bits per heavy atom. The van der Waals surface area contributed by atoms with Crippen LogP contribution in [0.15, 0.2) is 24.3 Å². The first-order chi connectivity index (χ1) is 13.1. The third-order valence-electron chi connectivity index (χ3n) is 5.30. The first-order valence-corrected chi connectivity index (χ1v) is 10.2. The van der Waals surface area contributed by atoms with Gasteiger partial charge >= 0.3 is 6.03 Å². The van der Waals surface area contributed by atoms with Crippen LogP contribution in [0.3, 0.4) is 0 Å². The zero-order valence-corrected chi connectivity index (χ0v) is 16.4. The lowest BCUT2D eigenvalue weighted by Gasteiger charge is -2.32. The van der Waals surface area contributed by atoms with Gasteiger partial charge in [0.05, 0.1) is 6.54 Å². The van der Waals surface area contributed by atoms with Gasteiger partial charge in [-0.05, 0) is 62.2 Å². The lowest BCUT2D eigenvalue weighted by atomic mass is 9.96. The molecule has 0 unspecified atom stereocenters. The van der Waals surface area contributed by atoms with Crippen molar-refractivity contribution < 1.29 is 9.59 Å². The van der Waals surface area contributed by atoms with Crippen molar-refractivity contribution in [2.75, 3.05) is 32.7 Å². The number of benzene rings is 1. The molecule has 1 heterocycles. The van der Waals surface area contributed by atoms with Crippen molar-refractivity contribution in [3.05, 3.63) is 34.9 Å². The third kappa shape index (κ3) is 7.03. The Hall–Kier alpha value is -1.79. The number of hydrogen-bond acceptors (Lipinski definition) is 3. The Morgan fingerprint density at radius 2 is 1.63 bits per heavy atom. The summed E-state index contributed by atoms with van der Waals surface area (Å²) in [6.07, 6.45) is 4.50.